The van der Waals surface area contributed by atoms with Crippen LogP contribution < -0.4 is 14.8 Å². The Bertz CT molecular complexity index is 1360. The molecule has 2 atom stereocenters. The van der Waals surface area contributed by atoms with Crippen LogP contribution in [0.2, 0.25) is 0 Å². The van der Waals surface area contributed by atoms with E-state index < -0.39 is 27.3 Å². The molecule has 0 saturated heterocycles. The molecule has 39 heavy (non-hydrogen) atoms. The first-order valence-corrected chi connectivity index (χ1v) is 15.8. The summed E-state index contributed by atoms with van der Waals surface area (Å²) in [5.74, 6) is -0.494. The van der Waals surface area contributed by atoms with Crippen LogP contribution in [-0.4, -0.2) is 39.5 Å². The van der Waals surface area contributed by atoms with Crippen LogP contribution in [0.15, 0.2) is 71.9 Å². The molecule has 2 N–H and O–H groups in total. The summed E-state index contributed by atoms with van der Waals surface area (Å²) >= 11 is 0. The van der Waals surface area contributed by atoms with E-state index in [2.05, 4.69) is 25.2 Å². The van der Waals surface area contributed by atoms with Crippen molar-refractivity contribution < 1.29 is 18.1 Å². The van der Waals surface area contributed by atoms with Crippen LogP contribution in [0, 0.1) is 5.41 Å². The van der Waals surface area contributed by atoms with Crippen molar-refractivity contribution in [2.45, 2.75) is 69.3 Å². The van der Waals surface area contributed by atoms with Gasteiger partial charge in [0, 0.05) is 48.9 Å². The Hall–Kier alpha value is -2.90. The van der Waals surface area contributed by atoms with Crippen LogP contribution in [0.4, 0.5) is 17.1 Å². The molecule has 0 radical (unpaired) electrons. The average molecular weight is 551 g/mol. The maximum atomic E-state index is 14.0. The zero-order valence-electron chi connectivity index (χ0n) is 24.0. The summed E-state index contributed by atoms with van der Waals surface area (Å²) in [6, 6.07) is 17.7. The third-order valence-electron chi connectivity index (χ3n) is 8.17. The zero-order valence-corrected chi connectivity index (χ0v) is 24.8. The minimum absolute atomic E-state index is 0.0229. The summed E-state index contributed by atoms with van der Waals surface area (Å²) in [4.78, 5) is 2.33. The van der Waals surface area contributed by atoms with Crippen molar-refractivity contribution in [3.63, 3.8) is 0 Å². The molecule has 0 spiro atoms. The molecule has 3 aromatic rings. The number of aryl methyl sites for hydroxylation is 1. The molecule has 0 fully saturated rings. The van der Waals surface area contributed by atoms with Gasteiger partial charge in [-0.1, -0.05) is 51.7 Å². The van der Waals surface area contributed by atoms with E-state index in [4.69, 9.17) is 0 Å². The molecule has 7 heteroatoms. The van der Waals surface area contributed by atoms with Gasteiger partial charge < -0.3 is 15.3 Å². The quantitative estimate of drug-likeness (QED) is 0.305. The summed E-state index contributed by atoms with van der Waals surface area (Å²) < 4.78 is 30.1. The molecule has 0 unspecified atom stereocenters. The fourth-order valence-corrected chi connectivity index (χ4v) is 8.14. The van der Waals surface area contributed by atoms with Gasteiger partial charge >= 0.3 is 0 Å². The van der Waals surface area contributed by atoms with E-state index in [-0.39, 0.29) is 5.75 Å². The maximum absolute atomic E-state index is 14.0. The number of fused-ring (bicyclic) bond motifs is 1. The van der Waals surface area contributed by atoms with Gasteiger partial charge in [-0.15, -0.1) is 0 Å². The van der Waals surface area contributed by atoms with E-state index in [1.54, 1.807) is 6.07 Å². The molecule has 6 nitrogen and oxygen atoms in total. The summed E-state index contributed by atoms with van der Waals surface area (Å²) in [6.07, 6.45) is 8.19. The number of hydrogen-bond acceptors (Lipinski definition) is 5. The molecule has 210 valence electrons. The lowest BCUT2D eigenvalue weighted by Crippen LogP contribution is -2.43. The molecule has 0 amide bonds. The topological polar surface area (TPSA) is 73.5 Å². The Morgan fingerprint density at radius 2 is 1.64 bits per heavy atom. The number of aliphatic hydroxyl groups excluding tert-OH is 1. The lowest BCUT2D eigenvalue weighted by molar-refractivity contribution is -0.671. The van der Waals surface area contributed by atoms with Gasteiger partial charge in [0.1, 0.15) is 7.05 Å². The van der Waals surface area contributed by atoms with Crippen LogP contribution in [-0.2, 0) is 16.9 Å². The largest absolute Gasteiger partial charge is 0.392 e. The minimum Gasteiger partial charge on any atom is -0.392 e. The molecule has 1 aliphatic heterocycles. The third-order valence-corrected chi connectivity index (χ3v) is 10.2. The fourth-order valence-electron chi connectivity index (χ4n) is 5.95. The van der Waals surface area contributed by atoms with Crippen molar-refractivity contribution in [2.24, 2.45) is 12.5 Å². The monoisotopic (exact) mass is 550 g/mol. The number of rotatable bonds is 10. The van der Waals surface area contributed by atoms with Gasteiger partial charge in [0.05, 0.1) is 22.4 Å². The second kappa shape index (κ2) is 12.1. The number of benzene rings is 2. The number of sulfone groups is 1. The van der Waals surface area contributed by atoms with Crippen molar-refractivity contribution in [3.05, 3.63) is 78.1 Å². The van der Waals surface area contributed by atoms with Gasteiger partial charge in [-0.25, -0.2) is 13.0 Å². The van der Waals surface area contributed by atoms with Crippen LogP contribution in [0.1, 0.15) is 69.4 Å². The summed E-state index contributed by atoms with van der Waals surface area (Å²) in [5.41, 5.74) is 3.67. The lowest BCUT2D eigenvalue weighted by Gasteiger charge is -2.40. The lowest BCUT2D eigenvalue weighted by atomic mass is 9.68. The smallest absolute Gasteiger partial charge is 0.179 e. The molecular weight excluding hydrogens is 506 g/mol. The Morgan fingerprint density at radius 3 is 2.26 bits per heavy atom. The second-order valence-electron chi connectivity index (χ2n) is 11.4. The minimum atomic E-state index is -3.62. The fraction of sp³-hybridized carbons (Fsp3) is 0.469. The molecular formula is C32H44N3O3S+. The van der Waals surface area contributed by atoms with E-state index >= 15 is 0 Å². The van der Waals surface area contributed by atoms with Crippen molar-refractivity contribution in [1.29, 1.82) is 0 Å². The molecule has 0 aliphatic carbocycles. The molecule has 0 bridgehead atoms. The highest BCUT2D eigenvalue weighted by Crippen LogP contribution is 2.50. The van der Waals surface area contributed by atoms with E-state index in [1.807, 2.05) is 85.5 Å². The number of pyridine rings is 1. The normalized spacial score (nSPS) is 19.6. The molecule has 1 aliphatic rings. The SMILES string of the molecule is CCCCC1(CCCC)CS(=O)(=O)c2ccc(N(C)C)cc2[C@@H](c2cccc(Nc3cc[n+](C)cc3)c2)[C@H]1O. The van der Waals surface area contributed by atoms with Crippen LogP contribution in [0.25, 0.3) is 0 Å². The first kappa shape index (κ1) is 29.1. The number of aliphatic hydroxyl groups is 1. The van der Waals surface area contributed by atoms with Gasteiger partial charge in [-0.05, 0) is 54.3 Å². The number of hydrogen-bond donors (Lipinski definition) is 2. The first-order valence-electron chi connectivity index (χ1n) is 14.1. The van der Waals surface area contributed by atoms with Crippen LogP contribution in [0.3, 0.4) is 0 Å². The highest BCUT2D eigenvalue weighted by atomic mass is 32.2. The van der Waals surface area contributed by atoms with Crippen molar-refractivity contribution in [3.8, 4) is 0 Å². The van der Waals surface area contributed by atoms with Crippen molar-refractivity contribution >= 4 is 26.9 Å². The van der Waals surface area contributed by atoms with Gasteiger partial charge in [-0.2, -0.15) is 0 Å². The van der Waals surface area contributed by atoms with E-state index in [1.165, 1.54) is 0 Å². The van der Waals surface area contributed by atoms with Crippen molar-refractivity contribution in [1.82, 2.24) is 0 Å². The Morgan fingerprint density at radius 1 is 0.974 bits per heavy atom. The van der Waals surface area contributed by atoms with Crippen LogP contribution in [0.5, 0.6) is 0 Å². The summed E-state index contributed by atoms with van der Waals surface area (Å²) in [7, 11) is 2.27. The molecule has 1 aromatic heterocycles. The number of nitrogens with zero attached hydrogens (tertiary/aromatic N) is 2. The molecule has 4 rings (SSSR count). The number of aromatic nitrogens is 1. The van der Waals surface area contributed by atoms with Crippen molar-refractivity contribution in [2.75, 3.05) is 30.1 Å². The van der Waals surface area contributed by atoms with E-state index in [9.17, 15) is 13.5 Å². The summed E-state index contributed by atoms with van der Waals surface area (Å²) in [6.45, 7) is 4.25. The standard InChI is InChI=1S/C32H43N3O3S/c1-6-8-17-32(18-9-7-2)23-39(37,38)29-14-13-27(34(3)4)22-28(29)30(31(32)36)24-11-10-12-26(21-24)33-25-15-19-35(5)20-16-25/h10-16,19-22,30-31,36H,6-9,17-18,23H2,1-5H3/p+1/t30-,31-/m1/s1. The predicted octanol–water partition coefficient (Wildman–Crippen LogP) is 5.97. The Balaban J connectivity index is 1.90. The molecule has 2 heterocycles. The van der Waals surface area contributed by atoms with Crippen LogP contribution >= 0.6 is 0 Å². The number of nitrogens with one attached hydrogen (secondary N) is 1. The second-order valence-corrected chi connectivity index (χ2v) is 13.3. The van der Waals surface area contributed by atoms with Gasteiger partial charge in [0.2, 0.25) is 0 Å². The predicted molar refractivity (Wildman–Crippen MR) is 159 cm³/mol. The number of unbranched alkanes of at least 4 members (excludes halogenated alkanes) is 2. The molecule has 0 saturated carbocycles. The molecule has 2 aromatic carbocycles. The van der Waals surface area contributed by atoms with Gasteiger partial charge in [-0.3, -0.25) is 0 Å². The first-order chi connectivity index (χ1) is 18.6. The Kier molecular flexibility index (Phi) is 9.02. The Labute approximate surface area is 234 Å². The highest BCUT2D eigenvalue weighted by Gasteiger charge is 2.49. The average Bonchev–Trinajstić information content (AvgIpc) is 2.98. The highest BCUT2D eigenvalue weighted by molar-refractivity contribution is 7.91. The maximum Gasteiger partial charge on any atom is 0.179 e. The summed E-state index contributed by atoms with van der Waals surface area (Å²) in [5, 5.41) is 15.9. The van der Waals surface area contributed by atoms with E-state index in [0.29, 0.717) is 23.3 Å². The number of anilines is 3. The zero-order chi connectivity index (χ0) is 28.2. The van der Waals surface area contributed by atoms with E-state index in [0.717, 1.165) is 48.3 Å². The van der Waals surface area contributed by atoms with Gasteiger partial charge in [0.25, 0.3) is 0 Å². The van der Waals surface area contributed by atoms with Gasteiger partial charge in [0.15, 0.2) is 22.2 Å². The third kappa shape index (κ3) is 6.30.